The molecule has 0 radical (unpaired) electrons. The highest BCUT2D eigenvalue weighted by Gasteiger charge is 2.17. The van der Waals surface area contributed by atoms with Crippen molar-refractivity contribution in [1.29, 1.82) is 0 Å². The van der Waals surface area contributed by atoms with Crippen molar-refractivity contribution in [3.63, 3.8) is 0 Å². The number of benzene rings is 1. The first kappa shape index (κ1) is 15.1. The van der Waals surface area contributed by atoms with Gasteiger partial charge in [0, 0.05) is 17.4 Å². The summed E-state index contributed by atoms with van der Waals surface area (Å²) >= 11 is 3.42. The molecule has 5 nitrogen and oxygen atoms in total. The van der Waals surface area contributed by atoms with Crippen LogP contribution >= 0.6 is 15.9 Å². The van der Waals surface area contributed by atoms with Crippen LogP contribution in [0.15, 0.2) is 29.0 Å². The minimum atomic E-state index is -0.293. The van der Waals surface area contributed by atoms with Gasteiger partial charge in [-0.15, -0.1) is 0 Å². The average molecular weight is 342 g/mol. The summed E-state index contributed by atoms with van der Waals surface area (Å²) in [5.41, 5.74) is 3.48. The van der Waals surface area contributed by atoms with Crippen LogP contribution < -0.4 is 11.3 Å². The summed E-state index contributed by atoms with van der Waals surface area (Å²) in [6.45, 7) is 2.88. The first-order chi connectivity index (χ1) is 9.65. The zero-order valence-corrected chi connectivity index (χ0v) is 12.8. The molecule has 20 heavy (non-hydrogen) atoms. The summed E-state index contributed by atoms with van der Waals surface area (Å²) < 4.78 is 16.1. The van der Waals surface area contributed by atoms with Crippen LogP contribution in [0.25, 0.3) is 0 Å². The second-order valence-corrected chi connectivity index (χ2v) is 5.34. The molecule has 2 aromatic rings. The Labute approximate surface area is 125 Å². The van der Waals surface area contributed by atoms with Crippen LogP contribution in [0, 0.1) is 5.82 Å². The van der Waals surface area contributed by atoms with Crippen molar-refractivity contribution in [2.24, 2.45) is 5.84 Å². The summed E-state index contributed by atoms with van der Waals surface area (Å²) in [4.78, 5) is 4.25. The van der Waals surface area contributed by atoms with Crippen molar-refractivity contribution in [3.05, 3.63) is 46.2 Å². The smallest absolute Gasteiger partial charge is 0.138 e. The van der Waals surface area contributed by atoms with Crippen LogP contribution in [-0.2, 0) is 13.0 Å². The predicted molar refractivity (Wildman–Crippen MR) is 78.2 cm³/mol. The maximum atomic E-state index is 13.4. The third-order valence-corrected chi connectivity index (χ3v) is 3.77. The van der Waals surface area contributed by atoms with Gasteiger partial charge in [0.05, 0.1) is 6.04 Å². The Bertz CT molecular complexity index is 572. The number of nitrogens with two attached hydrogens (primary N) is 1. The molecule has 0 saturated heterocycles. The van der Waals surface area contributed by atoms with E-state index in [0.717, 1.165) is 28.8 Å². The summed E-state index contributed by atoms with van der Waals surface area (Å²) in [5.74, 6) is 6.15. The highest BCUT2D eigenvalue weighted by atomic mass is 79.9. The van der Waals surface area contributed by atoms with E-state index in [9.17, 15) is 4.39 Å². The number of nitrogens with one attached hydrogen (secondary N) is 1. The Morgan fingerprint density at radius 2 is 2.30 bits per heavy atom. The largest absolute Gasteiger partial charge is 0.271 e. The lowest BCUT2D eigenvalue weighted by Crippen LogP contribution is -2.31. The molecule has 1 aromatic heterocycles. The fraction of sp³-hybridized carbons (Fsp3) is 0.385. The van der Waals surface area contributed by atoms with Gasteiger partial charge in [-0.3, -0.25) is 16.0 Å². The van der Waals surface area contributed by atoms with Crippen molar-refractivity contribution in [2.45, 2.75) is 32.4 Å². The van der Waals surface area contributed by atoms with Gasteiger partial charge < -0.3 is 0 Å². The average Bonchev–Trinajstić information content (AvgIpc) is 2.87. The number of hydrogen-bond acceptors (Lipinski definition) is 4. The quantitative estimate of drug-likeness (QED) is 0.625. The van der Waals surface area contributed by atoms with Crippen LogP contribution in [0.2, 0.25) is 0 Å². The molecule has 2 rings (SSSR count). The molecular formula is C13H17BrFN5. The normalized spacial score (nSPS) is 12.6. The summed E-state index contributed by atoms with van der Waals surface area (Å²) in [5, 5.41) is 4.18. The minimum absolute atomic E-state index is 0.236. The molecule has 7 heteroatoms. The first-order valence-corrected chi connectivity index (χ1v) is 7.22. The summed E-state index contributed by atoms with van der Waals surface area (Å²) in [7, 11) is 0. The Balaban J connectivity index is 2.24. The lowest BCUT2D eigenvalue weighted by atomic mass is 10.0. The highest BCUT2D eigenvalue weighted by molar-refractivity contribution is 9.10. The fourth-order valence-corrected chi connectivity index (χ4v) is 2.59. The standard InChI is InChI=1S/C13H17BrFN5/c1-2-5-20-13(17-8-18-20)7-12(19-16)10-6-9(15)3-4-11(10)14/h3-4,6,8,12,19H,2,5,7,16H2,1H3. The molecule has 0 aliphatic carbocycles. The van der Waals surface area contributed by atoms with E-state index in [1.807, 2.05) is 4.68 Å². The molecule has 0 bridgehead atoms. The number of hydrogen-bond donors (Lipinski definition) is 2. The van der Waals surface area contributed by atoms with Gasteiger partial charge in [-0.2, -0.15) is 5.10 Å². The maximum Gasteiger partial charge on any atom is 0.138 e. The van der Waals surface area contributed by atoms with Crippen molar-refractivity contribution >= 4 is 15.9 Å². The molecular weight excluding hydrogens is 325 g/mol. The van der Waals surface area contributed by atoms with E-state index in [4.69, 9.17) is 5.84 Å². The number of nitrogens with zero attached hydrogens (tertiary/aromatic N) is 3. The molecule has 0 amide bonds. The second-order valence-electron chi connectivity index (χ2n) is 4.49. The van der Waals surface area contributed by atoms with Crippen LogP contribution in [-0.4, -0.2) is 14.8 Å². The molecule has 108 valence electrons. The Hall–Kier alpha value is -1.31. The third kappa shape index (κ3) is 3.41. The molecule has 0 aliphatic rings. The van der Waals surface area contributed by atoms with Crippen molar-refractivity contribution in [1.82, 2.24) is 20.2 Å². The summed E-state index contributed by atoms with van der Waals surface area (Å²) in [6, 6.07) is 4.31. The topological polar surface area (TPSA) is 68.8 Å². The predicted octanol–water partition coefficient (Wildman–Crippen LogP) is 2.34. The van der Waals surface area contributed by atoms with Gasteiger partial charge in [-0.1, -0.05) is 22.9 Å². The zero-order chi connectivity index (χ0) is 14.5. The van der Waals surface area contributed by atoms with Crippen LogP contribution in [0.1, 0.15) is 30.8 Å². The van der Waals surface area contributed by atoms with Gasteiger partial charge in [0.1, 0.15) is 18.0 Å². The van der Waals surface area contributed by atoms with Gasteiger partial charge in [0.15, 0.2) is 0 Å². The Morgan fingerprint density at radius 1 is 1.50 bits per heavy atom. The van der Waals surface area contributed by atoms with Crippen LogP contribution in [0.5, 0.6) is 0 Å². The molecule has 0 saturated carbocycles. The molecule has 1 aromatic carbocycles. The van der Waals surface area contributed by atoms with Crippen molar-refractivity contribution in [3.8, 4) is 0 Å². The van der Waals surface area contributed by atoms with E-state index in [1.165, 1.54) is 18.5 Å². The van der Waals surface area contributed by atoms with Crippen LogP contribution in [0.3, 0.4) is 0 Å². The fourth-order valence-electron chi connectivity index (χ4n) is 2.07. The SMILES string of the molecule is CCCn1ncnc1CC(NN)c1cc(F)ccc1Br. The monoisotopic (exact) mass is 341 g/mol. The summed E-state index contributed by atoms with van der Waals surface area (Å²) in [6.07, 6.45) is 3.04. The second kappa shape index (κ2) is 6.92. The molecule has 0 spiro atoms. The van der Waals surface area contributed by atoms with Crippen molar-refractivity contribution < 1.29 is 4.39 Å². The van der Waals surface area contributed by atoms with Gasteiger partial charge >= 0.3 is 0 Å². The Kier molecular flexibility index (Phi) is 5.22. The van der Waals surface area contributed by atoms with E-state index >= 15 is 0 Å². The van der Waals surface area contributed by atoms with Gasteiger partial charge in [-0.25, -0.2) is 9.37 Å². The maximum absolute atomic E-state index is 13.4. The van der Waals surface area contributed by atoms with Crippen LogP contribution in [0.4, 0.5) is 4.39 Å². The highest BCUT2D eigenvalue weighted by Crippen LogP contribution is 2.26. The van der Waals surface area contributed by atoms with E-state index in [0.29, 0.717) is 6.42 Å². The lowest BCUT2D eigenvalue weighted by molar-refractivity contribution is 0.495. The Morgan fingerprint density at radius 3 is 3.00 bits per heavy atom. The molecule has 0 aliphatic heterocycles. The van der Waals surface area contributed by atoms with E-state index in [1.54, 1.807) is 6.07 Å². The molecule has 1 atom stereocenters. The van der Waals surface area contributed by atoms with Gasteiger partial charge in [0.25, 0.3) is 0 Å². The number of aromatic nitrogens is 3. The number of rotatable bonds is 6. The van der Waals surface area contributed by atoms with Gasteiger partial charge in [-0.05, 0) is 30.2 Å². The lowest BCUT2D eigenvalue weighted by Gasteiger charge is -2.18. The van der Waals surface area contributed by atoms with E-state index < -0.39 is 0 Å². The van der Waals surface area contributed by atoms with Gasteiger partial charge in [0.2, 0.25) is 0 Å². The van der Waals surface area contributed by atoms with E-state index in [-0.39, 0.29) is 11.9 Å². The first-order valence-electron chi connectivity index (χ1n) is 6.43. The molecule has 0 fully saturated rings. The molecule has 1 heterocycles. The number of hydrazine groups is 1. The third-order valence-electron chi connectivity index (χ3n) is 3.05. The number of aryl methyl sites for hydroxylation is 1. The zero-order valence-electron chi connectivity index (χ0n) is 11.2. The molecule has 1 unspecified atom stereocenters. The van der Waals surface area contributed by atoms with Crippen molar-refractivity contribution in [2.75, 3.05) is 0 Å². The van der Waals surface area contributed by atoms with E-state index in [2.05, 4.69) is 38.4 Å². The molecule has 3 N–H and O–H groups in total. The minimum Gasteiger partial charge on any atom is -0.271 e. The number of halogens is 2.